The van der Waals surface area contributed by atoms with Gasteiger partial charge < -0.3 is 9.80 Å². The molecule has 0 saturated carbocycles. The van der Waals surface area contributed by atoms with Crippen LogP contribution in [0.4, 0.5) is 34.1 Å². The van der Waals surface area contributed by atoms with E-state index >= 15 is 0 Å². The Balaban J connectivity index is 1.06. The molecule has 0 heterocycles. The maximum absolute atomic E-state index is 2.52. The second kappa shape index (κ2) is 13.8. The SMILES string of the molecule is CC1(C)c2ccccc2-c2ccc(N(c3ccc4c(c3)C3(c5ccccc5-c5ccc(N(c6ccccc6)c6ccccc6)cc53)c3ccccc3-4)c3ccc4ccccc4c3)cc21. The van der Waals surface area contributed by atoms with Crippen LogP contribution < -0.4 is 9.80 Å². The minimum absolute atomic E-state index is 0.136. The number of fused-ring (bicyclic) bond motifs is 14. The summed E-state index contributed by atoms with van der Waals surface area (Å²) in [5, 5.41) is 2.45. The van der Waals surface area contributed by atoms with Crippen molar-refractivity contribution in [2.75, 3.05) is 9.80 Å². The van der Waals surface area contributed by atoms with Crippen molar-refractivity contribution < 1.29 is 0 Å². The molecular formula is C62H44N2. The van der Waals surface area contributed by atoms with E-state index in [1.54, 1.807) is 0 Å². The topological polar surface area (TPSA) is 6.48 Å². The van der Waals surface area contributed by atoms with Crippen molar-refractivity contribution in [3.63, 3.8) is 0 Å². The Morgan fingerprint density at radius 3 is 1.16 bits per heavy atom. The Kier molecular flexibility index (Phi) is 7.90. The van der Waals surface area contributed by atoms with Crippen LogP contribution in [0.1, 0.15) is 47.2 Å². The molecule has 0 aliphatic heterocycles. The number of anilines is 6. The van der Waals surface area contributed by atoms with Crippen LogP contribution >= 0.6 is 0 Å². The Morgan fingerprint density at radius 2 is 0.609 bits per heavy atom. The van der Waals surface area contributed by atoms with E-state index in [2.05, 4.69) is 254 Å². The van der Waals surface area contributed by atoms with Crippen molar-refractivity contribution in [2.24, 2.45) is 0 Å². The number of rotatable bonds is 6. The van der Waals surface area contributed by atoms with Crippen molar-refractivity contribution in [1.82, 2.24) is 0 Å². The van der Waals surface area contributed by atoms with Gasteiger partial charge in [-0.2, -0.15) is 0 Å². The largest absolute Gasteiger partial charge is 0.310 e. The quantitative estimate of drug-likeness (QED) is 0.165. The molecule has 10 aromatic carbocycles. The van der Waals surface area contributed by atoms with Crippen LogP contribution in [-0.2, 0) is 10.8 Å². The highest BCUT2D eigenvalue weighted by Gasteiger charge is 2.52. The van der Waals surface area contributed by atoms with E-state index in [1.165, 1.54) is 77.5 Å². The molecule has 3 aliphatic carbocycles. The number of para-hydroxylation sites is 2. The van der Waals surface area contributed by atoms with Gasteiger partial charge in [0.05, 0.1) is 5.41 Å². The van der Waals surface area contributed by atoms with Crippen molar-refractivity contribution in [2.45, 2.75) is 24.7 Å². The predicted molar refractivity (Wildman–Crippen MR) is 267 cm³/mol. The maximum atomic E-state index is 2.52. The molecular weight excluding hydrogens is 773 g/mol. The molecule has 302 valence electrons. The van der Waals surface area contributed by atoms with E-state index in [0.717, 1.165) is 34.1 Å². The summed E-state index contributed by atoms with van der Waals surface area (Å²) in [6.45, 7) is 4.75. The average molecular weight is 817 g/mol. The first-order valence-corrected chi connectivity index (χ1v) is 22.4. The summed E-state index contributed by atoms with van der Waals surface area (Å²) in [6, 6.07) is 85.9. The summed E-state index contributed by atoms with van der Waals surface area (Å²) in [4.78, 5) is 4.89. The van der Waals surface area contributed by atoms with Crippen LogP contribution in [0.2, 0.25) is 0 Å². The van der Waals surface area contributed by atoms with Gasteiger partial charge >= 0.3 is 0 Å². The first kappa shape index (κ1) is 36.7. The van der Waals surface area contributed by atoms with Gasteiger partial charge in [0.25, 0.3) is 0 Å². The fourth-order valence-corrected chi connectivity index (χ4v) is 11.6. The van der Waals surface area contributed by atoms with Gasteiger partial charge in [-0.15, -0.1) is 0 Å². The Hall–Kier alpha value is -7.94. The van der Waals surface area contributed by atoms with Gasteiger partial charge in [0.15, 0.2) is 0 Å². The molecule has 2 nitrogen and oxygen atoms in total. The Labute approximate surface area is 375 Å². The van der Waals surface area contributed by atoms with Crippen LogP contribution in [0.5, 0.6) is 0 Å². The third-order valence-electron chi connectivity index (χ3n) is 14.4. The summed E-state index contributed by atoms with van der Waals surface area (Å²) >= 11 is 0. The van der Waals surface area contributed by atoms with Crippen molar-refractivity contribution in [3.05, 3.63) is 264 Å². The zero-order valence-electron chi connectivity index (χ0n) is 35.8. The predicted octanol–water partition coefficient (Wildman–Crippen LogP) is 16.4. The van der Waals surface area contributed by atoms with Crippen molar-refractivity contribution >= 4 is 44.9 Å². The molecule has 0 radical (unpaired) electrons. The standard InChI is InChI=1S/C62H44N2/c1-61(2)55-26-14-11-23-49(55)52-34-31-46(38-58(52)61)64(45-30-29-41-17-9-10-18-42(41)37-45)48-33-36-54-51-25-13-16-28-57(51)62(60(54)40-48)56-27-15-12-24-50(56)53-35-32-47(39-59(53)62)63(43-19-5-3-6-20-43)44-21-7-4-8-22-44/h3-40H,1-2H3. The highest BCUT2D eigenvalue weighted by atomic mass is 15.1. The summed E-state index contributed by atoms with van der Waals surface area (Å²) in [5.41, 5.74) is 21.9. The zero-order valence-corrected chi connectivity index (χ0v) is 35.8. The molecule has 3 aliphatic rings. The summed E-state index contributed by atoms with van der Waals surface area (Å²) < 4.78 is 0. The minimum Gasteiger partial charge on any atom is -0.310 e. The van der Waals surface area contributed by atoms with Crippen molar-refractivity contribution in [3.8, 4) is 33.4 Å². The van der Waals surface area contributed by atoms with Crippen LogP contribution in [0.15, 0.2) is 231 Å². The fraction of sp³-hybridized carbons (Fsp3) is 0.0645. The van der Waals surface area contributed by atoms with E-state index in [0.29, 0.717) is 0 Å². The Bertz CT molecular complexity index is 3440. The lowest BCUT2D eigenvalue weighted by Crippen LogP contribution is -2.26. The smallest absolute Gasteiger partial charge is 0.0727 e. The highest BCUT2D eigenvalue weighted by molar-refractivity contribution is 5.98. The van der Waals surface area contributed by atoms with E-state index in [9.17, 15) is 0 Å². The lowest BCUT2D eigenvalue weighted by molar-refractivity contribution is 0.660. The van der Waals surface area contributed by atoms with Gasteiger partial charge in [-0.1, -0.05) is 172 Å². The summed E-state index contributed by atoms with van der Waals surface area (Å²) in [6.07, 6.45) is 0. The fourth-order valence-electron chi connectivity index (χ4n) is 11.6. The monoisotopic (exact) mass is 816 g/mol. The van der Waals surface area contributed by atoms with Gasteiger partial charge in [-0.25, -0.2) is 0 Å². The second-order valence-electron chi connectivity index (χ2n) is 18.1. The van der Waals surface area contributed by atoms with Gasteiger partial charge in [-0.05, 0) is 150 Å². The van der Waals surface area contributed by atoms with Crippen LogP contribution in [0.25, 0.3) is 44.2 Å². The van der Waals surface area contributed by atoms with Gasteiger partial charge in [0, 0.05) is 39.5 Å². The molecule has 0 aromatic heterocycles. The third-order valence-corrected chi connectivity index (χ3v) is 14.4. The first-order valence-electron chi connectivity index (χ1n) is 22.4. The van der Waals surface area contributed by atoms with Gasteiger partial charge in [0.2, 0.25) is 0 Å². The van der Waals surface area contributed by atoms with E-state index in [1.807, 2.05) is 0 Å². The Morgan fingerprint density at radius 1 is 0.250 bits per heavy atom. The van der Waals surface area contributed by atoms with Crippen LogP contribution in [0, 0.1) is 0 Å². The second-order valence-corrected chi connectivity index (χ2v) is 18.1. The van der Waals surface area contributed by atoms with Gasteiger partial charge in [0.1, 0.15) is 0 Å². The molecule has 1 spiro atoms. The molecule has 0 N–H and O–H groups in total. The molecule has 2 heteroatoms. The molecule has 10 aromatic rings. The molecule has 1 unspecified atom stereocenters. The summed E-state index contributed by atoms with van der Waals surface area (Å²) in [7, 11) is 0. The molecule has 1 atom stereocenters. The normalized spacial score (nSPS) is 15.5. The average Bonchev–Trinajstić information content (AvgIpc) is 3.90. The van der Waals surface area contributed by atoms with E-state index < -0.39 is 5.41 Å². The number of nitrogens with zero attached hydrogens (tertiary/aromatic N) is 2. The van der Waals surface area contributed by atoms with Gasteiger partial charge in [-0.3, -0.25) is 0 Å². The van der Waals surface area contributed by atoms with Crippen molar-refractivity contribution in [1.29, 1.82) is 0 Å². The first-order chi connectivity index (χ1) is 31.5. The van der Waals surface area contributed by atoms with Crippen LogP contribution in [0.3, 0.4) is 0 Å². The lowest BCUT2D eigenvalue weighted by atomic mass is 9.70. The third kappa shape index (κ3) is 5.14. The molecule has 0 amide bonds. The summed E-state index contributed by atoms with van der Waals surface area (Å²) in [5.74, 6) is 0. The lowest BCUT2D eigenvalue weighted by Gasteiger charge is -2.33. The molecule has 0 saturated heterocycles. The minimum atomic E-state index is -0.556. The maximum Gasteiger partial charge on any atom is 0.0727 e. The highest BCUT2D eigenvalue weighted by Crippen LogP contribution is 2.64. The molecule has 0 fully saturated rings. The molecule has 0 bridgehead atoms. The van der Waals surface area contributed by atoms with Crippen LogP contribution in [-0.4, -0.2) is 0 Å². The van der Waals surface area contributed by atoms with E-state index in [-0.39, 0.29) is 5.41 Å². The number of hydrogen-bond acceptors (Lipinski definition) is 2. The zero-order chi connectivity index (χ0) is 42.6. The molecule has 13 rings (SSSR count). The number of benzene rings is 10. The molecule has 64 heavy (non-hydrogen) atoms. The number of hydrogen-bond donors (Lipinski definition) is 0. The van der Waals surface area contributed by atoms with E-state index in [4.69, 9.17) is 0 Å².